The van der Waals surface area contributed by atoms with Crippen LogP contribution < -0.4 is 10.1 Å². The van der Waals surface area contributed by atoms with Crippen molar-refractivity contribution in [3.8, 4) is 5.75 Å². The zero-order valence-corrected chi connectivity index (χ0v) is 16.1. The fourth-order valence-corrected chi connectivity index (χ4v) is 3.61. The average molecular weight is 375 g/mol. The summed E-state index contributed by atoms with van der Waals surface area (Å²) in [4.78, 5) is 27.6. The number of likely N-dealkylation sites (N-methyl/N-ethyl adjacent to an activating group) is 1. The van der Waals surface area contributed by atoms with Crippen molar-refractivity contribution in [2.75, 3.05) is 20.2 Å². The molecular formula is C20H29N3O4. The molecule has 0 heterocycles. The van der Waals surface area contributed by atoms with Crippen molar-refractivity contribution in [3.63, 3.8) is 0 Å². The molecule has 0 bridgehead atoms. The van der Waals surface area contributed by atoms with Crippen molar-refractivity contribution in [2.45, 2.75) is 57.3 Å². The number of ether oxygens (including phenoxy) is 1. The smallest absolute Gasteiger partial charge is 0.318 e. The predicted molar refractivity (Wildman–Crippen MR) is 102 cm³/mol. The molecule has 0 radical (unpaired) electrons. The number of aliphatic carboxylic acids is 1. The molecule has 3 rings (SSSR count). The number of carbonyl (C=O) groups excluding carboxylic acids is 1. The van der Waals surface area contributed by atoms with Gasteiger partial charge in [-0.05, 0) is 49.9 Å². The monoisotopic (exact) mass is 375 g/mol. The first-order chi connectivity index (χ1) is 13.0. The predicted octanol–water partition coefficient (Wildman–Crippen LogP) is 2.31. The Morgan fingerprint density at radius 2 is 1.85 bits per heavy atom. The zero-order chi connectivity index (χ0) is 19.4. The second-order valence-electron chi connectivity index (χ2n) is 7.44. The number of hydrogen-bond acceptors (Lipinski definition) is 4. The Morgan fingerprint density at radius 3 is 2.37 bits per heavy atom. The van der Waals surface area contributed by atoms with Crippen LogP contribution in [0.4, 0.5) is 4.79 Å². The number of rotatable bonds is 9. The largest absolute Gasteiger partial charge is 0.497 e. The van der Waals surface area contributed by atoms with Crippen LogP contribution in [-0.4, -0.2) is 65.2 Å². The molecule has 7 nitrogen and oxygen atoms in total. The number of urea groups is 1. The Labute approximate surface area is 160 Å². The van der Waals surface area contributed by atoms with Crippen molar-refractivity contribution < 1.29 is 19.4 Å². The van der Waals surface area contributed by atoms with Crippen molar-refractivity contribution in [1.29, 1.82) is 0 Å². The number of nitrogens with zero attached hydrogens (tertiary/aromatic N) is 2. The summed E-state index contributed by atoms with van der Waals surface area (Å²) in [6.45, 7) is 3.34. The second kappa shape index (κ2) is 8.61. The van der Waals surface area contributed by atoms with E-state index in [1.807, 2.05) is 41.0 Å². The van der Waals surface area contributed by atoms with E-state index in [2.05, 4.69) is 5.32 Å². The van der Waals surface area contributed by atoms with Gasteiger partial charge in [0.15, 0.2) is 0 Å². The standard InChI is InChI=1S/C20H29N3O4/c1-3-22(13-19(24)25)17-10-15(11-17)21-20(26)23(16-6-7-16)12-14-4-8-18(27-2)9-5-14/h4-5,8-9,15-17H,3,6-7,10-13H2,1-2H3,(H,21,26)(H,24,25). The van der Waals surface area contributed by atoms with Gasteiger partial charge in [0.05, 0.1) is 13.7 Å². The van der Waals surface area contributed by atoms with Gasteiger partial charge in [-0.15, -0.1) is 0 Å². The molecule has 2 amide bonds. The first kappa shape index (κ1) is 19.5. The van der Waals surface area contributed by atoms with Crippen molar-refractivity contribution in [1.82, 2.24) is 15.1 Å². The van der Waals surface area contributed by atoms with Gasteiger partial charge in [-0.3, -0.25) is 9.69 Å². The summed E-state index contributed by atoms with van der Waals surface area (Å²) in [5, 5.41) is 12.1. The molecular weight excluding hydrogens is 346 g/mol. The quantitative estimate of drug-likeness (QED) is 0.692. The molecule has 2 aliphatic carbocycles. The van der Waals surface area contributed by atoms with Crippen LogP contribution in [-0.2, 0) is 11.3 Å². The van der Waals surface area contributed by atoms with Crippen LogP contribution in [0, 0.1) is 0 Å². The van der Waals surface area contributed by atoms with E-state index in [1.165, 1.54) is 0 Å². The van der Waals surface area contributed by atoms with E-state index in [0.717, 1.165) is 37.0 Å². The summed E-state index contributed by atoms with van der Waals surface area (Å²) in [5.41, 5.74) is 1.09. The highest BCUT2D eigenvalue weighted by molar-refractivity contribution is 5.75. The third-order valence-corrected chi connectivity index (χ3v) is 5.46. The van der Waals surface area contributed by atoms with E-state index in [0.29, 0.717) is 19.1 Å². The maximum atomic E-state index is 12.8. The van der Waals surface area contributed by atoms with Gasteiger partial charge >= 0.3 is 12.0 Å². The molecule has 148 valence electrons. The van der Waals surface area contributed by atoms with Gasteiger partial charge in [-0.1, -0.05) is 19.1 Å². The molecule has 0 atom stereocenters. The molecule has 2 aliphatic rings. The fraction of sp³-hybridized carbons (Fsp3) is 0.600. The van der Waals surface area contributed by atoms with Crippen LogP contribution in [0.15, 0.2) is 24.3 Å². The van der Waals surface area contributed by atoms with Crippen LogP contribution in [0.2, 0.25) is 0 Å². The Morgan fingerprint density at radius 1 is 1.19 bits per heavy atom. The molecule has 0 aliphatic heterocycles. The molecule has 2 N–H and O–H groups in total. The van der Waals surface area contributed by atoms with Crippen LogP contribution in [0.3, 0.4) is 0 Å². The van der Waals surface area contributed by atoms with Crippen LogP contribution in [0.25, 0.3) is 0 Å². The van der Waals surface area contributed by atoms with Crippen molar-refractivity contribution in [2.24, 2.45) is 0 Å². The SMILES string of the molecule is CCN(CC(=O)O)C1CC(NC(=O)N(Cc2ccc(OC)cc2)C2CC2)C1. The van der Waals surface area contributed by atoms with E-state index in [4.69, 9.17) is 9.84 Å². The Bertz CT molecular complexity index is 654. The molecule has 2 saturated carbocycles. The maximum absolute atomic E-state index is 12.8. The van der Waals surface area contributed by atoms with Gasteiger partial charge < -0.3 is 20.1 Å². The number of hydrogen-bond donors (Lipinski definition) is 2. The van der Waals surface area contributed by atoms with E-state index >= 15 is 0 Å². The maximum Gasteiger partial charge on any atom is 0.318 e. The van der Waals surface area contributed by atoms with Crippen LogP contribution >= 0.6 is 0 Å². The summed E-state index contributed by atoms with van der Waals surface area (Å²) in [6, 6.07) is 8.49. The Balaban J connectivity index is 1.50. The summed E-state index contributed by atoms with van der Waals surface area (Å²) in [7, 11) is 1.64. The number of amides is 2. The number of carbonyl (C=O) groups is 2. The van der Waals surface area contributed by atoms with E-state index in [-0.39, 0.29) is 24.7 Å². The lowest BCUT2D eigenvalue weighted by Gasteiger charge is -2.42. The highest BCUT2D eigenvalue weighted by Gasteiger charge is 2.38. The van der Waals surface area contributed by atoms with Gasteiger partial charge in [0.25, 0.3) is 0 Å². The van der Waals surface area contributed by atoms with Crippen molar-refractivity contribution >= 4 is 12.0 Å². The average Bonchev–Trinajstić information content (AvgIpc) is 3.45. The summed E-state index contributed by atoms with van der Waals surface area (Å²) in [6.07, 6.45) is 3.74. The van der Waals surface area contributed by atoms with E-state index in [1.54, 1.807) is 7.11 Å². The normalized spacial score (nSPS) is 21.4. The zero-order valence-electron chi connectivity index (χ0n) is 16.1. The van der Waals surface area contributed by atoms with Gasteiger partial charge in [0, 0.05) is 24.7 Å². The topological polar surface area (TPSA) is 82.1 Å². The first-order valence-corrected chi connectivity index (χ1v) is 9.66. The minimum absolute atomic E-state index is 0.0157. The molecule has 2 fully saturated rings. The number of carboxylic acid groups (broad SMARTS) is 1. The number of benzene rings is 1. The molecule has 27 heavy (non-hydrogen) atoms. The highest BCUT2D eigenvalue weighted by atomic mass is 16.5. The Hall–Kier alpha value is -2.28. The number of nitrogens with one attached hydrogen (secondary N) is 1. The lowest BCUT2D eigenvalue weighted by Crippen LogP contribution is -2.57. The highest BCUT2D eigenvalue weighted by Crippen LogP contribution is 2.30. The summed E-state index contributed by atoms with van der Waals surface area (Å²) >= 11 is 0. The third kappa shape index (κ3) is 5.13. The number of carboxylic acids is 1. The molecule has 1 aromatic rings. The minimum atomic E-state index is -0.802. The Kier molecular flexibility index (Phi) is 6.21. The second-order valence-corrected chi connectivity index (χ2v) is 7.44. The van der Waals surface area contributed by atoms with E-state index < -0.39 is 5.97 Å². The van der Waals surface area contributed by atoms with E-state index in [9.17, 15) is 9.59 Å². The first-order valence-electron chi connectivity index (χ1n) is 9.66. The van der Waals surface area contributed by atoms with Crippen LogP contribution in [0.1, 0.15) is 38.2 Å². The summed E-state index contributed by atoms with van der Waals surface area (Å²) in [5.74, 6) is 0.00672. The molecule has 0 saturated heterocycles. The molecule has 0 spiro atoms. The molecule has 7 heteroatoms. The van der Waals surface area contributed by atoms with Gasteiger partial charge in [-0.25, -0.2) is 4.79 Å². The molecule has 0 unspecified atom stereocenters. The third-order valence-electron chi connectivity index (χ3n) is 5.46. The number of methoxy groups -OCH3 is 1. The van der Waals surface area contributed by atoms with Crippen LogP contribution in [0.5, 0.6) is 5.75 Å². The van der Waals surface area contributed by atoms with Crippen molar-refractivity contribution in [3.05, 3.63) is 29.8 Å². The minimum Gasteiger partial charge on any atom is -0.497 e. The lowest BCUT2D eigenvalue weighted by atomic mass is 9.85. The van der Waals surface area contributed by atoms with Gasteiger partial charge in [0.1, 0.15) is 5.75 Å². The fourth-order valence-electron chi connectivity index (χ4n) is 3.61. The summed E-state index contributed by atoms with van der Waals surface area (Å²) < 4.78 is 5.19. The van der Waals surface area contributed by atoms with Gasteiger partial charge in [-0.2, -0.15) is 0 Å². The molecule has 1 aromatic carbocycles. The molecule has 0 aromatic heterocycles. The van der Waals surface area contributed by atoms with Gasteiger partial charge in [0.2, 0.25) is 0 Å². The lowest BCUT2D eigenvalue weighted by molar-refractivity contribution is -0.139.